The van der Waals surface area contributed by atoms with Crippen molar-refractivity contribution in [3.63, 3.8) is 0 Å². The Hall–Kier alpha value is -0.760. The van der Waals surface area contributed by atoms with Crippen LogP contribution in [0.5, 0.6) is 0 Å². The maximum absolute atomic E-state index is 5.20. The summed E-state index contributed by atoms with van der Waals surface area (Å²) >= 11 is 0. The normalized spacial score (nSPS) is 14.9. The van der Waals surface area contributed by atoms with Gasteiger partial charge in [0.15, 0.2) is 0 Å². The Morgan fingerprint density at radius 1 is 1.31 bits per heavy atom. The summed E-state index contributed by atoms with van der Waals surface area (Å²) in [5, 5.41) is 3.58. The molecule has 1 heterocycles. The Bertz CT molecular complexity index is 256. The first-order valence-electron chi connectivity index (χ1n) is 6.58. The highest BCUT2D eigenvalue weighted by molar-refractivity contribution is 5.12. The lowest BCUT2D eigenvalue weighted by molar-refractivity contribution is 0.326. The Balaban J connectivity index is 2.66. The van der Waals surface area contributed by atoms with Crippen LogP contribution < -0.4 is 5.32 Å². The summed E-state index contributed by atoms with van der Waals surface area (Å²) in [6, 6.07) is 2.54. The molecule has 16 heavy (non-hydrogen) atoms. The number of hydrogen-bond acceptors (Lipinski definition) is 2. The first-order valence-corrected chi connectivity index (χ1v) is 6.58. The number of unbranched alkanes of at least 4 members (excludes halogenated alkanes) is 1. The zero-order chi connectivity index (χ0) is 11.8. The van der Waals surface area contributed by atoms with Gasteiger partial charge in [0.25, 0.3) is 0 Å². The molecule has 1 N–H and O–H groups in total. The molecule has 0 bridgehead atoms. The van der Waals surface area contributed by atoms with E-state index < -0.39 is 0 Å². The number of furan rings is 1. The predicted octanol–water partition coefficient (Wildman–Crippen LogP) is 4.15. The molecule has 0 amide bonds. The summed E-state index contributed by atoms with van der Waals surface area (Å²) in [6.45, 7) is 7.72. The zero-order valence-corrected chi connectivity index (χ0v) is 10.8. The first-order chi connectivity index (χ1) is 7.83. The fourth-order valence-electron chi connectivity index (χ4n) is 2.30. The van der Waals surface area contributed by atoms with Crippen LogP contribution in [-0.4, -0.2) is 6.54 Å². The van der Waals surface area contributed by atoms with E-state index in [-0.39, 0.29) is 0 Å². The molecule has 0 saturated heterocycles. The van der Waals surface area contributed by atoms with Gasteiger partial charge in [-0.2, -0.15) is 0 Å². The molecular weight excluding hydrogens is 198 g/mol. The third-order valence-electron chi connectivity index (χ3n) is 3.25. The van der Waals surface area contributed by atoms with Crippen LogP contribution in [0, 0.1) is 5.92 Å². The van der Waals surface area contributed by atoms with Gasteiger partial charge in [-0.15, -0.1) is 0 Å². The van der Waals surface area contributed by atoms with E-state index in [4.69, 9.17) is 4.42 Å². The molecule has 1 aromatic rings. The summed E-state index contributed by atoms with van der Waals surface area (Å²) in [5.74, 6) is 0.720. The SMILES string of the molecule is CCCCC(CC)C(NCC)c1ccoc1. The van der Waals surface area contributed by atoms with Gasteiger partial charge in [0.1, 0.15) is 0 Å². The van der Waals surface area contributed by atoms with E-state index in [1.54, 1.807) is 6.26 Å². The molecule has 92 valence electrons. The zero-order valence-electron chi connectivity index (χ0n) is 10.8. The van der Waals surface area contributed by atoms with E-state index >= 15 is 0 Å². The van der Waals surface area contributed by atoms with Gasteiger partial charge in [0.05, 0.1) is 12.5 Å². The molecule has 2 heteroatoms. The molecule has 0 aliphatic heterocycles. The van der Waals surface area contributed by atoms with E-state index in [9.17, 15) is 0 Å². The molecule has 0 aliphatic carbocycles. The Labute approximate surface area is 99.4 Å². The van der Waals surface area contributed by atoms with Gasteiger partial charge in [-0.05, 0) is 24.9 Å². The lowest BCUT2D eigenvalue weighted by atomic mass is 9.88. The van der Waals surface area contributed by atoms with Gasteiger partial charge < -0.3 is 9.73 Å². The van der Waals surface area contributed by atoms with Gasteiger partial charge in [0, 0.05) is 11.6 Å². The summed E-state index contributed by atoms with van der Waals surface area (Å²) in [6.07, 6.45) is 8.77. The van der Waals surface area contributed by atoms with Crippen LogP contribution in [0.3, 0.4) is 0 Å². The standard InChI is InChI=1S/C14H25NO/c1-4-7-8-12(5-2)14(15-6-3)13-9-10-16-11-13/h9-12,14-15H,4-8H2,1-3H3. The lowest BCUT2D eigenvalue weighted by Gasteiger charge is -2.26. The second-order valence-corrected chi connectivity index (χ2v) is 4.40. The highest BCUT2D eigenvalue weighted by Gasteiger charge is 2.21. The van der Waals surface area contributed by atoms with E-state index in [2.05, 4.69) is 32.2 Å². The monoisotopic (exact) mass is 223 g/mol. The summed E-state index contributed by atoms with van der Waals surface area (Å²) in [7, 11) is 0. The van der Waals surface area contributed by atoms with Gasteiger partial charge >= 0.3 is 0 Å². The molecule has 0 radical (unpaired) electrons. The molecule has 2 atom stereocenters. The van der Waals surface area contributed by atoms with Crippen molar-refractivity contribution < 1.29 is 4.42 Å². The van der Waals surface area contributed by atoms with E-state index in [0.717, 1.165) is 12.5 Å². The molecule has 1 rings (SSSR count). The molecule has 2 unspecified atom stereocenters. The minimum absolute atomic E-state index is 0.459. The molecular formula is C14H25NO. The fourth-order valence-corrected chi connectivity index (χ4v) is 2.30. The quantitative estimate of drug-likeness (QED) is 0.716. The second kappa shape index (κ2) is 7.50. The molecule has 0 spiro atoms. The Morgan fingerprint density at radius 2 is 2.12 bits per heavy atom. The van der Waals surface area contributed by atoms with Gasteiger partial charge in [0.2, 0.25) is 0 Å². The average molecular weight is 223 g/mol. The molecule has 2 nitrogen and oxygen atoms in total. The van der Waals surface area contributed by atoms with Crippen molar-refractivity contribution in [1.82, 2.24) is 5.32 Å². The van der Waals surface area contributed by atoms with Crippen LogP contribution in [0.2, 0.25) is 0 Å². The van der Waals surface area contributed by atoms with Crippen LogP contribution in [-0.2, 0) is 0 Å². The average Bonchev–Trinajstić information content (AvgIpc) is 2.82. The Morgan fingerprint density at radius 3 is 2.62 bits per heavy atom. The maximum atomic E-state index is 5.20. The minimum Gasteiger partial charge on any atom is -0.472 e. The van der Waals surface area contributed by atoms with E-state index in [1.807, 2.05) is 6.26 Å². The highest BCUT2D eigenvalue weighted by atomic mass is 16.3. The smallest absolute Gasteiger partial charge is 0.0950 e. The first kappa shape index (κ1) is 13.3. The third-order valence-corrected chi connectivity index (χ3v) is 3.25. The minimum atomic E-state index is 0.459. The van der Waals surface area contributed by atoms with Crippen LogP contribution in [0.4, 0.5) is 0 Å². The summed E-state index contributed by atoms with van der Waals surface area (Å²) < 4.78 is 5.20. The topological polar surface area (TPSA) is 25.2 Å². The summed E-state index contributed by atoms with van der Waals surface area (Å²) in [4.78, 5) is 0. The van der Waals surface area contributed by atoms with Gasteiger partial charge in [-0.1, -0.05) is 40.0 Å². The molecule has 0 aliphatic rings. The van der Waals surface area contributed by atoms with Crippen molar-refractivity contribution in [3.05, 3.63) is 24.2 Å². The van der Waals surface area contributed by atoms with Crippen LogP contribution in [0.1, 0.15) is 58.1 Å². The van der Waals surface area contributed by atoms with Crippen molar-refractivity contribution >= 4 is 0 Å². The van der Waals surface area contributed by atoms with Crippen molar-refractivity contribution in [2.45, 2.75) is 52.5 Å². The molecule has 0 saturated carbocycles. The molecule has 1 aromatic heterocycles. The van der Waals surface area contributed by atoms with Crippen LogP contribution in [0.15, 0.2) is 23.0 Å². The van der Waals surface area contributed by atoms with Crippen molar-refractivity contribution in [2.24, 2.45) is 5.92 Å². The lowest BCUT2D eigenvalue weighted by Crippen LogP contribution is -2.27. The van der Waals surface area contributed by atoms with Crippen molar-refractivity contribution in [2.75, 3.05) is 6.54 Å². The van der Waals surface area contributed by atoms with E-state index in [1.165, 1.54) is 31.2 Å². The van der Waals surface area contributed by atoms with Gasteiger partial charge in [-0.25, -0.2) is 0 Å². The molecule has 0 fully saturated rings. The number of hydrogen-bond donors (Lipinski definition) is 1. The second-order valence-electron chi connectivity index (χ2n) is 4.40. The van der Waals surface area contributed by atoms with E-state index in [0.29, 0.717) is 6.04 Å². The largest absolute Gasteiger partial charge is 0.472 e. The van der Waals surface area contributed by atoms with Crippen LogP contribution >= 0.6 is 0 Å². The number of nitrogens with one attached hydrogen (secondary N) is 1. The highest BCUT2D eigenvalue weighted by Crippen LogP contribution is 2.29. The van der Waals surface area contributed by atoms with Crippen LogP contribution in [0.25, 0.3) is 0 Å². The fraction of sp³-hybridized carbons (Fsp3) is 0.714. The maximum Gasteiger partial charge on any atom is 0.0950 e. The van der Waals surface area contributed by atoms with Crippen molar-refractivity contribution in [3.8, 4) is 0 Å². The van der Waals surface area contributed by atoms with Gasteiger partial charge in [-0.3, -0.25) is 0 Å². The molecule has 0 aromatic carbocycles. The number of rotatable bonds is 8. The Kier molecular flexibility index (Phi) is 6.24. The predicted molar refractivity (Wildman–Crippen MR) is 68.4 cm³/mol. The third kappa shape index (κ3) is 3.67. The summed E-state index contributed by atoms with van der Waals surface area (Å²) in [5.41, 5.74) is 1.30. The van der Waals surface area contributed by atoms with Crippen molar-refractivity contribution in [1.29, 1.82) is 0 Å².